The van der Waals surface area contributed by atoms with Gasteiger partial charge in [0, 0.05) is 27.5 Å². The van der Waals surface area contributed by atoms with Crippen molar-refractivity contribution < 1.29 is 9.53 Å². The molecular formula is C14H13Cl2N3O2. The Morgan fingerprint density at radius 3 is 2.29 bits per heavy atom. The van der Waals surface area contributed by atoms with Crippen LogP contribution in [0.25, 0.3) is 0 Å². The highest BCUT2D eigenvalue weighted by atomic mass is 35.5. The van der Waals surface area contributed by atoms with E-state index in [-0.39, 0.29) is 0 Å². The molecule has 0 aliphatic heterocycles. The fraction of sp³-hybridized carbons (Fsp3) is 0.0714. The zero-order valence-electron chi connectivity index (χ0n) is 11.1. The van der Waals surface area contributed by atoms with Gasteiger partial charge in [-0.2, -0.15) is 0 Å². The summed E-state index contributed by atoms with van der Waals surface area (Å²) in [6.07, 6.45) is 0. The summed E-state index contributed by atoms with van der Waals surface area (Å²) in [5, 5.41) is 6.17. The molecule has 2 amide bonds. The van der Waals surface area contributed by atoms with Gasteiger partial charge in [0.2, 0.25) is 0 Å². The van der Waals surface area contributed by atoms with Crippen molar-refractivity contribution in [3.8, 4) is 5.75 Å². The molecule has 0 aliphatic carbocycles. The normalized spacial score (nSPS) is 10.0. The van der Waals surface area contributed by atoms with Crippen molar-refractivity contribution in [2.45, 2.75) is 0 Å². The van der Waals surface area contributed by atoms with E-state index in [1.165, 1.54) is 7.11 Å². The highest BCUT2D eigenvalue weighted by molar-refractivity contribution is 6.35. The predicted molar refractivity (Wildman–Crippen MR) is 86.5 cm³/mol. The average molecular weight is 326 g/mol. The Balaban J connectivity index is 2.08. The van der Waals surface area contributed by atoms with Crippen molar-refractivity contribution in [3.05, 3.63) is 46.4 Å². The maximum absolute atomic E-state index is 11.9. The minimum atomic E-state index is -0.430. The summed E-state index contributed by atoms with van der Waals surface area (Å²) in [4.78, 5) is 11.9. The van der Waals surface area contributed by atoms with Crippen molar-refractivity contribution in [1.82, 2.24) is 0 Å². The number of amides is 2. The van der Waals surface area contributed by atoms with E-state index < -0.39 is 6.03 Å². The first kappa shape index (κ1) is 15.3. The Kier molecular flexibility index (Phi) is 4.77. The van der Waals surface area contributed by atoms with Crippen LogP contribution in [-0.4, -0.2) is 13.1 Å². The van der Waals surface area contributed by atoms with Crippen molar-refractivity contribution in [3.63, 3.8) is 0 Å². The van der Waals surface area contributed by atoms with Gasteiger partial charge in [0.25, 0.3) is 0 Å². The fourth-order valence-corrected chi connectivity index (χ4v) is 2.23. The van der Waals surface area contributed by atoms with Crippen LogP contribution in [0.5, 0.6) is 5.75 Å². The molecule has 7 heteroatoms. The molecule has 2 aromatic rings. The lowest BCUT2D eigenvalue weighted by Gasteiger charge is -2.10. The summed E-state index contributed by atoms with van der Waals surface area (Å²) in [6.45, 7) is 0. The van der Waals surface area contributed by atoms with Gasteiger partial charge in [-0.1, -0.05) is 23.2 Å². The molecule has 2 rings (SSSR count). The number of halogens is 2. The molecule has 0 spiro atoms. The van der Waals surface area contributed by atoms with Crippen LogP contribution in [0.1, 0.15) is 0 Å². The fourth-order valence-electron chi connectivity index (χ4n) is 1.71. The monoisotopic (exact) mass is 325 g/mol. The number of nitrogen functional groups attached to an aromatic ring is 1. The van der Waals surface area contributed by atoms with Crippen LogP contribution in [-0.2, 0) is 0 Å². The number of anilines is 3. The van der Waals surface area contributed by atoms with Gasteiger partial charge in [-0.3, -0.25) is 0 Å². The van der Waals surface area contributed by atoms with Crippen LogP contribution in [0.4, 0.5) is 21.9 Å². The Morgan fingerprint density at radius 2 is 1.67 bits per heavy atom. The first-order valence-electron chi connectivity index (χ1n) is 5.95. The minimum absolute atomic E-state index is 0.430. The van der Waals surface area contributed by atoms with Crippen LogP contribution in [0.15, 0.2) is 36.4 Å². The number of nitrogens with one attached hydrogen (secondary N) is 2. The summed E-state index contributed by atoms with van der Waals surface area (Å²) >= 11 is 11.7. The topological polar surface area (TPSA) is 76.4 Å². The van der Waals surface area contributed by atoms with Gasteiger partial charge >= 0.3 is 6.03 Å². The molecule has 21 heavy (non-hydrogen) atoms. The van der Waals surface area contributed by atoms with E-state index in [9.17, 15) is 4.79 Å². The maximum Gasteiger partial charge on any atom is 0.323 e. The third-order valence-electron chi connectivity index (χ3n) is 2.61. The van der Waals surface area contributed by atoms with Crippen LogP contribution in [0.3, 0.4) is 0 Å². The zero-order chi connectivity index (χ0) is 15.4. The van der Waals surface area contributed by atoms with Crippen molar-refractivity contribution in [1.29, 1.82) is 0 Å². The summed E-state index contributed by atoms with van der Waals surface area (Å²) in [5.74, 6) is 0.485. The number of benzene rings is 2. The van der Waals surface area contributed by atoms with Gasteiger partial charge in [-0.05, 0) is 30.3 Å². The Bertz CT molecular complexity index is 657. The number of hydrogen-bond acceptors (Lipinski definition) is 3. The van der Waals surface area contributed by atoms with Crippen LogP contribution < -0.4 is 21.1 Å². The quantitative estimate of drug-likeness (QED) is 0.739. The van der Waals surface area contributed by atoms with Gasteiger partial charge in [-0.15, -0.1) is 0 Å². The van der Waals surface area contributed by atoms with E-state index in [2.05, 4.69) is 10.6 Å². The van der Waals surface area contributed by atoms with Crippen LogP contribution >= 0.6 is 23.2 Å². The Hall–Kier alpha value is -2.11. The predicted octanol–water partition coefficient (Wildman–Crippen LogP) is 4.23. The molecule has 4 N–H and O–H groups in total. The van der Waals surface area contributed by atoms with Gasteiger partial charge in [0.15, 0.2) is 0 Å². The van der Waals surface area contributed by atoms with E-state index in [0.29, 0.717) is 32.9 Å². The summed E-state index contributed by atoms with van der Waals surface area (Å²) in [7, 11) is 1.50. The molecular weight excluding hydrogens is 313 g/mol. The highest BCUT2D eigenvalue weighted by Gasteiger charge is 2.06. The molecule has 0 aromatic heterocycles. The molecule has 0 saturated carbocycles. The standard InChI is InChI=1S/C14H13Cl2N3O2/c1-21-13-7-10(2-3-12(13)17)18-14(20)19-11-5-8(15)4-9(16)6-11/h2-7H,17H2,1H3,(H2,18,19,20). The van der Waals surface area contributed by atoms with Crippen LogP contribution in [0.2, 0.25) is 10.0 Å². The van der Waals surface area contributed by atoms with E-state index in [1.807, 2.05) is 0 Å². The third kappa shape index (κ3) is 4.18. The number of urea groups is 1. The number of carbonyl (C=O) groups is 1. The molecule has 0 saturated heterocycles. The largest absolute Gasteiger partial charge is 0.495 e. The number of nitrogens with two attached hydrogens (primary N) is 1. The Labute approximate surface area is 132 Å². The second-order valence-corrected chi connectivity index (χ2v) is 5.07. The summed E-state index contributed by atoms with van der Waals surface area (Å²) in [5.41, 5.74) is 7.24. The number of hydrogen-bond donors (Lipinski definition) is 3. The third-order valence-corrected chi connectivity index (χ3v) is 3.05. The van der Waals surface area contributed by atoms with E-state index in [4.69, 9.17) is 33.7 Å². The molecule has 5 nitrogen and oxygen atoms in total. The molecule has 2 aromatic carbocycles. The van der Waals surface area contributed by atoms with Gasteiger partial charge < -0.3 is 21.1 Å². The van der Waals surface area contributed by atoms with Crippen molar-refractivity contribution >= 4 is 46.3 Å². The highest BCUT2D eigenvalue weighted by Crippen LogP contribution is 2.26. The lowest BCUT2D eigenvalue weighted by Crippen LogP contribution is -2.19. The molecule has 0 fully saturated rings. The van der Waals surface area contributed by atoms with E-state index in [1.54, 1.807) is 36.4 Å². The van der Waals surface area contributed by atoms with Crippen LogP contribution in [0, 0.1) is 0 Å². The van der Waals surface area contributed by atoms with Gasteiger partial charge in [-0.25, -0.2) is 4.79 Å². The number of carbonyl (C=O) groups excluding carboxylic acids is 1. The molecule has 0 unspecified atom stereocenters. The molecule has 0 aliphatic rings. The van der Waals surface area contributed by atoms with Gasteiger partial charge in [0.1, 0.15) is 5.75 Å². The molecule has 0 radical (unpaired) electrons. The lowest BCUT2D eigenvalue weighted by atomic mass is 10.2. The maximum atomic E-state index is 11.9. The van der Waals surface area contributed by atoms with E-state index in [0.717, 1.165) is 0 Å². The second-order valence-electron chi connectivity index (χ2n) is 4.19. The number of rotatable bonds is 3. The molecule has 0 heterocycles. The first-order chi connectivity index (χ1) is 9.97. The molecule has 110 valence electrons. The minimum Gasteiger partial charge on any atom is -0.495 e. The second kappa shape index (κ2) is 6.56. The number of methoxy groups -OCH3 is 1. The van der Waals surface area contributed by atoms with Crippen molar-refractivity contribution in [2.24, 2.45) is 0 Å². The molecule has 0 bridgehead atoms. The first-order valence-corrected chi connectivity index (χ1v) is 6.71. The molecule has 0 atom stereocenters. The zero-order valence-corrected chi connectivity index (χ0v) is 12.6. The SMILES string of the molecule is COc1cc(NC(=O)Nc2cc(Cl)cc(Cl)c2)ccc1N. The number of ether oxygens (including phenoxy) is 1. The van der Waals surface area contributed by atoms with Crippen molar-refractivity contribution in [2.75, 3.05) is 23.5 Å². The summed E-state index contributed by atoms with van der Waals surface area (Å²) < 4.78 is 5.09. The van der Waals surface area contributed by atoms with E-state index >= 15 is 0 Å². The summed E-state index contributed by atoms with van der Waals surface area (Å²) in [6, 6.07) is 9.28. The average Bonchev–Trinajstić information content (AvgIpc) is 2.39. The van der Waals surface area contributed by atoms with Gasteiger partial charge in [0.05, 0.1) is 12.8 Å². The Morgan fingerprint density at radius 1 is 1.05 bits per heavy atom. The lowest BCUT2D eigenvalue weighted by molar-refractivity contribution is 0.262. The smallest absolute Gasteiger partial charge is 0.323 e.